The molecule has 23 heteroatoms. The number of ether oxygens (including phenoxy) is 1. The minimum Gasteiger partial charge on any atom is -0.756 e. The first-order valence-electron chi connectivity index (χ1n) is 13.5. The van der Waals surface area contributed by atoms with Crippen molar-refractivity contribution < 1.29 is 109 Å². The van der Waals surface area contributed by atoms with Crippen molar-refractivity contribution in [1.82, 2.24) is 19.5 Å². The van der Waals surface area contributed by atoms with Crippen molar-refractivity contribution in [1.29, 1.82) is 4.29 Å². The van der Waals surface area contributed by atoms with Gasteiger partial charge in [-0.3, -0.25) is 28.0 Å². The number of aromatic nitrogens is 4. The fourth-order valence-corrected chi connectivity index (χ4v) is 4.50. The number of hydrogen-bond donors (Lipinski definition) is 5. The zero-order valence-corrected chi connectivity index (χ0v) is 18.6. The topological polar surface area (TPSA) is 285 Å². The standard InChI is InChI=1S/C10H16N5O13P3.2Li/c11-10-13-8-7(9(17)14-10)12-3-15(8)6-1-4(16)5(26-6)2-25-30(21,22)28-31(23,24)27-29(18,19)20;;/h3-6,16H,1-2H2,(H,21,22)(H,23,24)(H2,18,19,20)(H3,11,13,14,17);;/q;2*+1/p-2/t4-,5+,6+;;/m0../s1/i1D2,2D2,3D,4D,5D,6D,16D;;/hD5. The van der Waals surface area contributed by atoms with E-state index in [4.69, 9.17) is 24.2 Å². The number of aromatic amines is 1. The molecule has 0 aromatic carbocycles. The molecule has 0 bridgehead atoms. The Bertz CT molecular complexity index is 1730. The minimum atomic E-state index is -6.62. The van der Waals surface area contributed by atoms with Crippen LogP contribution in [0.2, 0.25) is 4.24 Å². The molecule has 1 saturated heterocycles. The van der Waals surface area contributed by atoms with Gasteiger partial charge in [0.15, 0.2) is 15.4 Å². The molecule has 2 aromatic heterocycles. The molecule has 1 aliphatic heterocycles. The summed E-state index contributed by atoms with van der Waals surface area (Å²) >= 11 is 0. The van der Waals surface area contributed by atoms with Crippen LogP contribution < -0.4 is 58.8 Å². The Morgan fingerprint density at radius 3 is 2.91 bits per heavy atom. The van der Waals surface area contributed by atoms with Crippen molar-refractivity contribution in [3.63, 3.8) is 0 Å². The van der Waals surface area contributed by atoms with E-state index >= 15 is 0 Å². The van der Waals surface area contributed by atoms with Gasteiger partial charge in [-0.2, -0.15) is 4.98 Å². The van der Waals surface area contributed by atoms with Gasteiger partial charge in [-0.1, -0.05) is 0 Å². The van der Waals surface area contributed by atoms with Crippen LogP contribution in [0.1, 0.15) is 23.5 Å². The molecule has 6 atom stereocenters. The first-order chi connectivity index (χ1) is 20.2. The number of fused-ring (bicyclic) bond motifs is 1. The number of phosphoric acid groups is 3. The Hall–Kier alpha value is -0.325. The number of nitrogens with one attached hydrogen (secondary N) is 1. The third-order valence-electron chi connectivity index (χ3n) is 2.77. The van der Waals surface area contributed by atoms with E-state index in [1.54, 1.807) is 0 Å². The first-order valence-corrected chi connectivity index (χ1v) is 11.3. The van der Waals surface area contributed by atoms with Crippen LogP contribution >= 0.6 is 23.5 Å². The Morgan fingerprint density at radius 1 is 1.52 bits per heavy atom. The van der Waals surface area contributed by atoms with Crippen molar-refractivity contribution in [2.45, 2.75) is 24.7 Å². The molecule has 174 valence electrons. The monoisotopic (exact) mass is 533 g/mol. The Labute approximate surface area is 227 Å². The summed E-state index contributed by atoms with van der Waals surface area (Å²) in [7, 11) is -19.2. The molecule has 1 fully saturated rings. The van der Waals surface area contributed by atoms with Gasteiger partial charge in [0, 0.05) is 9.11 Å². The number of imidazole rings is 1. The van der Waals surface area contributed by atoms with E-state index in [1.165, 1.54) is 0 Å². The van der Waals surface area contributed by atoms with Gasteiger partial charge < -0.3 is 35.1 Å². The van der Waals surface area contributed by atoms with Crippen molar-refractivity contribution >= 4 is 40.6 Å². The van der Waals surface area contributed by atoms with Gasteiger partial charge in [0.1, 0.15) is 13.7 Å². The second kappa shape index (κ2) is 11.2. The zero-order chi connectivity index (χ0) is 35.0. The molecule has 6 N–H and O–H groups in total. The minimum absolute atomic E-state index is 0. The number of phosphoric ester groups is 1. The van der Waals surface area contributed by atoms with Crippen LogP contribution in [0.15, 0.2) is 11.1 Å². The van der Waals surface area contributed by atoms with Crippen LogP contribution in [0.4, 0.5) is 5.95 Å². The number of anilines is 1. The molecule has 3 heterocycles. The predicted octanol–water partition coefficient (Wildman–Crippen LogP) is -8.56. The SMILES string of the molecule is [2H]O[C@@]1([2H])C([2H])([2H])[C@]([2H])(n2c([2H])nc3c(=O)n([2H])c(N([2H])[2H])nc32)O[C@]1([2H])C([2H])([2H])OP(=O)(O[2H])OP(=O)([O-])OP(=O)([O-])O[2H].[Li+].[Li+]. The fraction of sp³-hybridized carbons (Fsp3) is 0.500. The summed E-state index contributed by atoms with van der Waals surface area (Å²) in [6.45, 7) is -4.61. The summed E-state index contributed by atoms with van der Waals surface area (Å²) in [6, 6.07) is 0. The average Bonchev–Trinajstić information content (AvgIpc) is 3.29. The van der Waals surface area contributed by atoms with E-state index in [-0.39, 0.29) is 47.3 Å². The van der Waals surface area contributed by atoms with Gasteiger partial charge in [-0.15, -0.1) is 0 Å². The predicted molar refractivity (Wildman–Crippen MR) is 92.5 cm³/mol. The maximum absolute atomic E-state index is 12.7. The molecule has 0 spiro atoms. The number of H-pyrrole nitrogens is 1. The molecule has 2 aromatic rings. The van der Waals surface area contributed by atoms with E-state index in [2.05, 4.69) is 38.0 Å². The average molecular weight is 533 g/mol. The van der Waals surface area contributed by atoms with E-state index in [1.807, 2.05) is 0 Å². The van der Waals surface area contributed by atoms with Crippen molar-refractivity contribution in [3.8, 4) is 0 Å². The summed E-state index contributed by atoms with van der Waals surface area (Å²) in [5.41, 5.74) is -4.12. The number of rotatable bonds is 12. The van der Waals surface area contributed by atoms with Crippen LogP contribution in [0.5, 0.6) is 0 Å². The van der Waals surface area contributed by atoms with Crippen LogP contribution in [0.25, 0.3) is 11.2 Å². The van der Waals surface area contributed by atoms with Crippen LogP contribution in [0.3, 0.4) is 0 Å². The number of hydrogen-bond acceptors (Lipinski definition) is 16. The third-order valence-corrected chi connectivity index (χ3v) is 6.29. The first kappa shape index (κ1) is 15.0. The third kappa shape index (κ3) is 8.10. The number of nitrogens with two attached hydrogens (primary N) is 1. The fourth-order valence-electron chi connectivity index (χ4n) is 1.82. The zero-order valence-electron chi connectivity index (χ0n) is 29.9. The van der Waals surface area contributed by atoms with Crippen LogP contribution in [-0.4, -0.2) is 57.4 Å². The maximum atomic E-state index is 12.7. The van der Waals surface area contributed by atoms with Gasteiger partial charge in [-0.05, 0) is 0 Å². The van der Waals surface area contributed by atoms with Gasteiger partial charge in [0.05, 0.1) is 25.8 Å². The molecule has 33 heavy (non-hydrogen) atoms. The van der Waals surface area contributed by atoms with Crippen LogP contribution in [0, 0.1) is 0 Å². The van der Waals surface area contributed by atoms with E-state index in [0.717, 1.165) is 0 Å². The normalized spacial score (nSPS) is 40.4. The summed E-state index contributed by atoms with van der Waals surface area (Å²) in [5.74, 6) is -1.17. The summed E-state index contributed by atoms with van der Waals surface area (Å²) in [5, 5.41) is 3.93. The molecule has 0 radical (unpaired) electrons. The molecule has 1 aliphatic rings. The van der Waals surface area contributed by atoms with Crippen molar-refractivity contribution in [2.75, 3.05) is 12.3 Å². The summed E-state index contributed by atoms with van der Waals surface area (Å²) in [4.78, 5) is 48.5. The Balaban J connectivity index is 0.00000552. The number of nitrogen functional groups attached to an aromatic ring is 1. The second-order valence-corrected chi connectivity index (χ2v) is 9.11. The smallest absolute Gasteiger partial charge is 0.756 e. The van der Waals surface area contributed by atoms with E-state index in [9.17, 15) is 28.3 Å². The number of aliphatic hydroxyl groups is 1. The molecule has 3 rings (SSSR count). The van der Waals surface area contributed by atoms with Gasteiger partial charge in [0.2, 0.25) is 10.2 Å². The quantitative estimate of drug-likeness (QED) is 0.125. The van der Waals surface area contributed by atoms with Crippen LogP contribution in [-0.2, 0) is 31.6 Å². The van der Waals surface area contributed by atoms with E-state index in [0.29, 0.717) is 0 Å². The molecule has 0 aliphatic carbocycles. The molecule has 18 nitrogen and oxygen atoms in total. The van der Waals surface area contributed by atoms with Gasteiger partial charge >= 0.3 is 45.5 Å². The molecular weight excluding hydrogens is 505 g/mol. The molecule has 3 unspecified atom stereocenters. The number of nitrogens with zero attached hydrogens (tertiary/aromatic N) is 3. The Kier molecular flexibility index (Phi) is 5.09. The van der Waals surface area contributed by atoms with Gasteiger partial charge in [-0.25, -0.2) is 18.2 Å². The second-order valence-electron chi connectivity index (χ2n) is 4.94. The Morgan fingerprint density at radius 2 is 2.27 bits per heavy atom. The summed E-state index contributed by atoms with van der Waals surface area (Å²) < 4.78 is 160. The molecular formula is C10H14Li2N5O13P3. The van der Waals surface area contributed by atoms with Crippen molar-refractivity contribution in [3.05, 3.63) is 16.7 Å². The van der Waals surface area contributed by atoms with E-state index < -0.39 is 89.5 Å². The van der Waals surface area contributed by atoms with Crippen molar-refractivity contribution in [2.24, 2.45) is 0 Å². The summed E-state index contributed by atoms with van der Waals surface area (Å²) in [6.07, 6.45) is -18.3. The van der Waals surface area contributed by atoms with Gasteiger partial charge in [0.25, 0.3) is 21.2 Å². The molecule has 0 saturated carbocycles. The maximum Gasteiger partial charge on any atom is 1.00 e. The largest absolute Gasteiger partial charge is 1.00 e. The molecule has 0 amide bonds.